The van der Waals surface area contributed by atoms with Crippen LogP contribution in [-0.4, -0.2) is 85.0 Å². The van der Waals surface area contributed by atoms with Gasteiger partial charge in [0, 0.05) is 48.1 Å². The van der Waals surface area contributed by atoms with Crippen molar-refractivity contribution in [1.82, 2.24) is 19.3 Å². The molecule has 0 saturated heterocycles. The summed E-state index contributed by atoms with van der Waals surface area (Å²) < 4.78 is 33.0. The number of aromatic hydroxyl groups is 1. The number of likely N-dealkylation sites (N-methyl/N-ethyl adjacent to an activating group) is 1. The number of aliphatic imine (C=N–C) groups is 1. The summed E-state index contributed by atoms with van der Waals surface area (Å²) >= 11 is 0. The number of rotatable bonds is 9. The van der Waals surface area contributed by atoms with Crippen LogP contribution in [0.3, 0.4) is 0 Å². The summed E-state index contributed by atoms with van der Waals surface area (Å²) in [7, 11) is 1.59. The molecule has 5 aromatic rings. The first kappa shape index (κ1) is 27.9. The lowest BCUT2D eigenvalue weighted by molar-refractivity contribution is 0.0601. The van der Waals surface area contributed by atoms with Crippen LogP contribution >= 0.6 is 0 Å². The molecular weight excluding hydrogens is 544 g/mol. The molecule has 11 nitrogen and oxygen atoms in total. The van der Waals surface area contributed by atoms with Gasteiger partial charge in [0.25, 0.3) is 0 Å². The number of pyridine rings is 1. The van der Waals surface area contributed by atoms with Gasteiger partial charge in [-0.05, 0) is 62.6 Å². The first-order chi connectivity index (χ1) is 19.5. The Balaban J connectivity index is 1.63. The van der Waals surface area contributed by atoms with E-state index >= 15 is 0 Å². The predicted molar refractivity (Wildman–Crippen MR) is 159 cm³/mol. The SMILES string of the molecule is COC(=O)c1ccc2c(C(=Nc3ccc(N(CCN(C)C)S(C)(=O)=O)cc3)c3ccn4ccnc4c3)c(O)[nH]c2c1. The molecule has 0 aliphatic carbocycles. The topological polar surface area (TPSA) is 133 Å². The number of methoxy groups -OCH3 is 1. The lowest BCUT2D eigenvalue weighted by atomic mass is 10.0. The average molecular weight is 575 g/mol. The van der Waals surface area contributed by atoms with Crippen LogP contribution in [0.5, 0.6) is 5.88 Å². The molecular formula is C29H30N6O5S. The van der Waals surface area contributed by atoms with Crippen LogP contribution in [0.25, 0.3) is 16.6 Å². The summed E-state index contributed by atoms with van der Waals surface area (Å²) in [5.41, 5.74) is 4.25. The third kappa shape index (κ3) is 5.79. The summed E-state index contributed by atoms with van der Waals surface area (Å²) in [5.74, 6) is -0.609. The quantitative estimate of drug-likeness (QED) is 0.202. The highest BCUT2D eigenvalue weighted by atomic mass is 32.2. The zero-order valence-corrected chi connectivity index (χ0v) is 23.9. The molecule has 0 amide bonds. The summed E-state index contributed by atoms with van der Waals surface area (Å²) in [6.45, 7) is 0.867. The smallest absolute Gasteiger partial charge is 0.337 e. The lowest BCUT2D eigenvalue weighted by Gasteiger charge is -2.24. The van der Waals surface area contributed by atoms with Crippen molar-refractivity contribution in [3.63, 3.8) is 0 Å². The maximum atomic E-state index is 12.5. The second kappa shape index (κ2) is 11.1. The molecule has 0 unspecified atom stereocenters. The Morgan fingerprint density at radius 3 is 2.49 bits per heavy atom. The first-order valence-corrected chi connectivity index (χ1v) is 14.6. The van der Waals surface area contributed by atoms with Crippen molar-refractivity contribution in [1.29, 1.82) is 0 Å². The Morgan fingerprint density at radius 2 is 1.80 bits per heavy atom. The standard InChI is InChI=1S/C29H30N6O5S/c1-33(2)15-16-35(41(4,38)39)22-8-6-21(7-9-22)31-27(19-11-13-34-14-12-30-25(34)18-19)26-23-10-5-20(29(37)40-3)17-24(23)32-28(26)36/h5-14,17-18,32,36H,15-16H2,1-4H3. The molecule has 0 bridgehead atoms. The van der Waals surface area contributed by atoms with Gasteiger partial charge in [0.15, 0.2) is 5.88 Å². The van der Waals surface area contributed by atoms with E-state index in [0.717, 1.165) is 0 Å². The molecule has 212 valence electrons. The van der Waals surface area contributed by atoms with E-state index in [1.807, 2.05) is 47.9 Å². The molecule has 0 atom stereocenters. The van der Waals surface area contributed by atoms with Crippen molar-refractivity contribution in [2.75, 3.05) is 44.9 Å². The number of nitrogens with one attached hydrogen (secondary N) is 1. The fourth-order valence-corrected chi connectivity index (χ4v) is 5.51. The Morgan fingerprint density at radius 1 is 1.05 bits per heavy atom. The normalized spacial score (nSPS) is 12.4. The van der Waals surface area contributed by atoms with Crippen molar-refractivity contribution >= 4 is 49.6 Å². The molecule has 12 heteroatoms. The number of nitrogens with zero attached hydrogens (tertiary/aromatic N) is 5. The maximum Gasteiger partial charge on any atom is 0.337 e. The average Bonchev–Trinajstić information content (AvgIpc) is 3.53. The summed E-state index contributed by atoms with van der Waals surface area (Å²) in [6, 6.07) is 15.6. The number of hydrogen-bond donors (Lipinski definition) is 2. The Kier molecular flexibility index (Phi) is 7.52. The van der Waals surface area contributed by atoms with Gasteiger partial charge in [-0.25, -0.2) is 23.2 Å². The van der Waals surface area contributed by atoms with E-state index in [2.05, 4.69) is 9.97 Å². The van der Waals surface area contributed by atoms with Gasteiger partial charge < -0.3 is 24.1 Å². The van der Waals surface area contributed by atoms with Crippen molar-refractivity contribution < 1.29 is 23.1 Å². The molecule has 3 aromatic heterocycles. The molecule has 5 rings (SSSR count). The number of aromatic nitrogens is 3. The number of ether oxygens (including phenoxy) is 1. The van der Waals surface area contributed by atoms with E-state index in [9.17, 15) is 18.3 Å². The molecule has 0 radical (unpaired) electrons. The zero-order valence-electron chi connectivity index (χ0n) is 23.1. The number of H-pyrrole nitrogens is 1. The van der Waals surface area contributed by atoms with Crippen molar-refractivity contribution in [3.05, 3.63) is 89.9 Å². The number of hydrogen-bond acceptors (Lipinski definition) is 8. The van der Waals surface area contributed by atoms with Crippen molar-refractivity contribution in [2.24, 2.45) is 4.99 Å². The molecule has 2 aromatic carbocycles. The van der Waals surface area contributed by atoms with E-state index in [0.29, 0.717) is 63.4 Å². The third-order valence-corrected chi connectivity index (χ3v) is 7.83. The highest BCUT2D eigenvalue weighted by molar-refractivity contribution is 7.92. The van der Waals surface area contributed by atoms with E-state index < -0.39 is 16.0 Å². The van der Waals surface area contributed by atoms with Crippen LogP contribution < -0.4 is 4.31 Å². The minimum Gasteiger partial charge on any atom is -0.494 e. The fraction of sp³-hybridized carbons (Fsp3) is 0.207. The summed E-state index contributed by atoms with van der Waals surface area (Å²) in [6.07, 6.45) is 6.56. The second-order valence-electron chi connectivity index (χ2n) is 9.82. The number of imidazole rings is 1. The van der Waals surface area contributed by atoms with Gasteiger partial charge in [-0.15, -0.1) is 0 Å². The van der Waals surface area contributed by atoms with Crippen LogP contribution in [0, 0.1) is 0 Å². The summed E-state index contributed by atoms with van der Waals surface area (Å²) in [4.78, 5) is 26.2. The molecule has 0 fully saturated rings. The van der Waals surface area contributed by atoms with Gasteiger partial charge in [-0.3, -0.25) is 4.31 Å². The number of carbonyl (C=O) groups is 1. The minimum atomic E-state index is -3.49. The van der Waals surface area contributed by atoms with E-state index in [1.54, 1.807) is 48.7 Å². The maximum absolute atomic E-state index is 12.5. The number of anilines is 1. The number of esters is 1. The molecule has 0 aliphatic heterocycles. The van der Waals surface area contributed by atoms with Gasteiger partial charge in [-0.1, -0.05) is 6.07 Å². The monoisotopic (exact) mass is 574 g/mol. The summed E-state index contributed by atoms with van der Waals surface area (Å²) in [5, 5.41) is 11.7. The number of aromatic amines is 1. The van der Waals surface area contributed by atoms with Crippen molar-refractivity contribution in [2.45, 2.75) is 0 Å². The number of fused-ring (bicyclic) bond motifs is 2. The lowest BCUT2D eigenvalue weighted by Crippen LogP contribution is -2.35. The molecule has 0 aliphatic rings. The van der Waals surface area contributed by atoms with Crippen LogP contribution in [-0.2, 0) is 14.8 Å². The Bertz CT molecular complexity index is 1870. The van der Waals surface area contributed by atoms with Gasteiger partial charge >= 0.3 is 5.97 Å². The van der Waals surface area contributed by atoms with Gasteiger partial charge in [-0.2, -0.15) is 0 Å². The van der Waals surface area contributed by atoms with E-state index in [1.165, 1.54) is 17.7 Å². The van der Waals surface area contributed by atoms with Crippen LogP contribution in [0.1, 0.15) is 21.5 Å². The number of benzene rings is 2. The molecule has 2 N–H and O–H groups in total. The second-order valence-corrected chi connectivity index (χ2v) is 11.7. The van der Waals surface area contributed by atoms with Crippen molar-refractivity contribution in [3.8, 4) is 5.88 Å². The molecule has 41 heavy (non-hydrogen) atoms. The number of sulfonamides is 1. The highest BCUT2D eigenvalue weighted by Gasteiger charge is 2.21. The molecule has 0 spiro atoms. The van der Waals surface area contributed by atoms with Gasteiger partial charge in [0.1, 0.15) is 5.65 Å². The number of carbonyl (C=O) groups excluding carboxylic acids is 1. The molecule has 3 heterocycles. The van der Waals surface area contributed by atoms with E-state index in [-0.39, 0.29) is 5.88 Å². The predicted octanol–water partition coefficient (Wildman–Crippen LogP) is 3.80. The Hall–Kier alpha value is -4.68. The third-order valence-electron chi connectivity index (χ3n) is 6.64. The molecule has 0 saturated carbocycles. The van der Waals surface area contributed by atoms with Crippen LogP contribution in [0.2, 0.25) is 0 Å². The first-order valence-electron chi connectivity index (χ1n) is 12.7. The van der Waals surface area contributed by atoms with E-state index in [4.69, 9.17) is 9.73 Å². The minimum absolute atomic E-state index is 0.118. The van der Waals surface area contributed by atoms with Crippen LogP contribution in [0.4, 0.5) is 11.4 Å². The van der Waals surface area contributed by atoms with Gasteiger partial charge in [0.05, 0.1) is 41.6 Å². The highest BCUT2D eigenvalue weighted by Crippen LogP contribution is 2.33. The zero-order chi connectivity index (χ0) is 29.3. The van der Waals surface area contributed by atoms with Gasteiger partial charge in [0.2, 0.25) is 10.0 Å². The largest absolute Gasteiger partial charge is 0.494 e. The fourth-order valence-electron chi connectivity index (χ4n) is 4.59. The Labute approximate surface area is 237 Å². The van der Waals surface area contributed by atoms with Crippen LogP contribution in [0.15, 0.2) is 78.2 Å².